The van der Waals surface area contributed by atoms with E-state index in [1.165, 1.54) is 0 Å². The molecule has 1 fully saturated rings. The number of fused-ring (bicyclic) bond motifs is 1. The molecule has 20 heavy (non-hydrogen) atoms. The molecular formula is C14H20N2O4. The molecule has 0 unspecified atom stereocenters. The number of hydrogen-bond acceptors (Lipinski definition) is 5. The van der Waals surface area contributed by atoms with Crippen LogP contribution in [-0.2, 0) is 29.1 Å². The van der Waals surface area contributed by atoms with Gasteiger partial charge < -0.3 is 14.4 Å². The first kappa shape index (κ1) is 13.6. The molecule has 1 saturated carbocycles. The van der Waals surface area contributed by atoms with E-state index in [2.05, 4.69) is 5.16 Å². The van der Waals surface area contributed by atoms with Crippen LogP contribution in [0.2, 0.25) is 0 Å². The zero-order chi connectivity index (χ0) is 14.2. The minimum Gasteiger partial charge on any atom is -0.480 e. The number of carbonyl (C=O) groups is 1. The van der Waals surface area contributed by atoms with Gasteiger partial charge in [-0.15, -0.1) is 0 Å². The maximum Gasteiger partial charge on any atom is 0.324 e. The van der Waals surface area contributed by atoms with Gasteiger partial charge in [0.2, 0.25) is 0 Å². The van der Waals surface area contributed by atoms with Crippen LogP contribution in [0.25, 0.3) is 0 Å². The second-order valence-electron chi connectivity index (χ2n) is 5.73. The lowest BCUT2D eigenvalue weighted by atomic mass is 9.95. The quantitative estimate of drug-likeness (QED) is 0.902. The van der Waals surface area contributed by atoms with Gasteiger partial charge in [-0.25, -0.2) is 0 Å². The third-order valence-electron chi connectivity index (χ3n) is 4.62. The average Bonchev–Trinajstić information content (AvgIpc) is 3.07. The highest BCUT2D eigenvalue weighted by Gasteiger charge is 2.45. The molecule has 1 N–H and O–H groups in total. The van der Waals surface area contributed by atoms with E-state index < -0.39 is 11.5 Å². The lowest BCUT2D eigenvalue weighted by Gasteiger charge is -2.34. The Hall–Kier alpha value is -1.40. The van der Waals surface area contributed by atoms with Crippen LogP contribution in [0.4, 0.5) is 0 Å². The molecule has 2 aliphatic rings. The molecule has 0 atom stereocenters. The van der Waals surface area contributed by atoms with Crippen molar-refractivity contribution in [2.24, 2.45) is 0 Å². The number of ether oxygens (including phenoxy) is 1. The molecule has 1 aromatic rings. The fourth-order valence-electron chi connectivity index (χ4n) is 3.30. The topological polar surface area (TPSA) is 75.8 Å². The zero-order valence-electron chi connectivity index (χ0n) is 11.7. The van der Waals surface area contributed by atoms with Gasteiger partial charge >= 0.3 is 5.97 Å². The van der Waals surface area contributed by atoms with Crippen LogP contribution < -0.4 is 0 Å². The Bertz CT molecular complexity index is 505. The molecule has 3 rings (SSSR count). The largest absolute Gasteiger partial charge is 0.480 e. The third kappa shape index (κ3) is 2.13. The molecule has 0 saturated heterocycles. The molecule has 6 heteroatoms. The molecule has 1 aliphatic heterocycles. The summed E-state index contributed by atoms with van der Waals surface area (Å²) in [5.74, 6) is 0.154. The molecule has 6 nitrogen and oxygen atoms in total. The maximum absolute atomic E-state index is 11.7. The lowest BCUT2D eigenvalue weighted by molar-refractivity contribution is -0.150. The van der Waals surface area contributed by atoms with Crippen molar-refractivity contribution in [2.75, 3.05) is 13.7 Å². The summed E-state index contributed by atoms with van der Waals surface area (Å²) in [7, 11) is 1.87. The van der Waals surface area contributed by atoms with Gasteiger partial charge in [0, 0.05) is 18.5 Å². The summed E-state index contributed by atoms with van der Waals surface area (Å²) >= 11 is 0. The van der Waals surface area contributed by atoms with Crippen LogP contribution in [0.15, 0.2) is 4.52 Å². The van der Waals surface area contributed by atoms with Crippen LogP contribution >= 0.6 is 0 Å². The predicted molar refractivity (Wildman–Crippen MR) is 70.2 cm³/mol. The fourth-order valence-corrected chi connectivity index (χ4v) is 3.30. The molecule has 0 amide bonds. The van der Waals surface area contributed by atoms with Gasteiger partial charge in [-0.3, -0.25) is 9.69 Å². The molecule has 2 heterocycles. The highest BCUT2D eigenvalue weighted by atomic mass is 16.5. The van der Waals surface area contributed by atoms with E-state index in [1.54, 1.807) is 0 Å². The summed E-state index contributed by atoms with van der Waals surface area (Å²) in [6.07, 6.45) is 4.09. The summed E-state index contributed by atoms with van der Waals surface area (Å²) in [5.41, 5.74) is 1.07. The van der Waals surface area contributed by atoms with Crippen molar-refractivity contribution in [1.29, 1.82) is 0 Å². The fraction of sp³-hybridized carbons (Fsp3) is 0.714. The molecule has 0 radical (unpaired) electrons. The molecule has 0 aromatic carbocycles. The summed E-state index contributed by atoms with van der Waals surface area (Å²) in [5, 5.41) is 13.7. The molecule has 1 aliphatic carbocycles. The average molecular weight is 280 g/mol. The van der Waals surface area contributed by atoms with Crippen molar-refractivity contribution in [3.63, 3.8) is 0 Å². The summed E-state index contributed by atoms with van der Waals surface area (Å²) in [6.45, 7) is 1.67. The van der Waals surface area contributed by atoms with Gasteiger partial charge in [-0.05, 0) is 19.9 Å². The first-order chi connectivity index (χ1) is 9.63. The van der Waals surface area contributed by atoms with E-state index in [4.69, 9.17) is 9.26 Å². The Morgan fingerprint density at radius 2 is 2.20 bits per heavy atom. The molecular weight excluding hydrogens is 260 g/mol. The minimum atomic E-state index is -0.749. The number of rotatable bonds is 4. The maximum atomic E-state index is 11.7. The Balaban J connectivity index is 1.80. The van der Waals surface area contributed by atoms with Crippen LogP contribution in [-0.4, -0.2) is 40.3 Å². The van der Waals surface area contributed by atoms with Crippen LogP contribution in [0.1, 0.15) is 42.7 Å². The van der Waals surface area contributed by atoms with Crippen LogP contribution in [0, 0.1) is 0 Å². The number of carboxylic acids is 1. The van der Waals surface area contributed by atoms with E-state index in [0.29, 0.717) is 32.6 Å². The normalized spacial score (nSPS) is 21.1. The number of nitrogens with zero attached hydrogens (tertiary/aromatic N) is 2. The Morgan fingerprint density at radius 1 is 1.45 bits per heavy atom. The van der Waals surface area contributed by atoms with Gasteiger partial charge in [0.15, 0.2) is 0 Å². The minimum absolute atomic E-state index is 0.495. The summed E-state index contributed by atoms with van der Waals surface area (Å²) < 4.78 is 10.8. The van der Waals surface area contributed by atoms with E-state index >= 15 is 0 Å². The molecule has 0 spiro atoms. The van der Waals surface area contributed by atoms with Crippen LogP contribution in [0.5, 0.6) is 0 Å². The van der Waals surface area contributed by atoms with Gasteiger partial charge in [0.05, 0.1) is 13.2 Å². The van der Waals surface area contributed by atoms with E-state index in [-0.39, 0.29) is 0 Å². The number of likely N-dealkylation sites (N-methyl/N-ethyl adjacent to an activating group) is 1. The van der Waals surface area contributed by atoms with E-state index in [0.717, 1.165) is 36.3 Å². The molecule has 110 valence electrons. The van der Waals surface area contributed by atoms with Gasteiger partial charge in [-0.2, -0.15) is 0 Å². The number of hydrogen-bond donors (Lipinski definition) is 1. The molecule has 0 bridgehead atoms. The van der Waals surface area contributed by atoms with Crippen molar-refractivity contribution >= 4 is 5.97 Å². The smallest absolute Gasteiger partial charge is 0.324 e. The number of aliphatic carboxylic acids is 1. The Kier molecular flexibility index (Phi) is 3.52. The Morgan fingerprint density at radius 3 is 2.90 bits per heavy atom. The van der Waals surface area contributed by atoms with Gasteiger partial charge in [-0.1, -0.05) is 18.0 Å². The number of carboxylic acid groups (broad SMARTS) is 1. The van der Waals surface area contributed by atoms with Crippen molar-refractivity contribution in [2.45, 2.75) is 50.8 Å². The van der Waals surface area contributed by atoms with Gasteiger partial charge in [0.25, 0.3) is 0 Å². The summed E-state index contributed by atoms with van der Waals surface area (Å²) in [6, 6.07) is 0. The standard InChI is InChI=1S/C14H20N2O4/c1-16(14(13(17)18)5-2-3-6-14)8-11-10-9-19-7-4-12(10)20-15-11/h2-9H2,1H3,(H,17,18). The second kappa shape index (κ2) is 5.18. The number of aromatic nitrogens is 1. The summed E-state index contributed by atoms with van der Waals surface area (Å²) in [4.78, 5) is 13.6. The first-order valence-corrected chi connectivity index (χ1v) is 7.12. The second-order valence-corrected chi connectivity index (χ2v) is 5.73. The van der Waals surface area contributed by atoms with Crippen molar-refractivity contribution in [1.82, 2.24) is 10.1 Å². The predicted octanol–water partition coefficient (Wildman–Crippen LogP) is 1.58. The van der Waals surface area contributed by atoms with Crippen molar-refractivity contribution < 1.29 is 19.2 Å². The molecule has 1 aromatic heterocycles. The van der Waals surface area contributed by atoms with Crippen LogP contribution in [0.3, 0.4) is 0 Å². The highest BCUT2D eigenvalue weighted by molar-refractivity contribution is 5.79. The lowest BCUT2D eigenvalue weighted by Crippen LogP contribution is -2.50. The first-order valence-electron chi connectivity index (χ1n) is 7.12. The Labute approximate surface area is 117 Å². The zero-order valence-corrected chi connectivity index (χ0v) is 11.7. The highest BCUT2D eigenvalue weighted by Crippen LogP contribution is 2.36. The monoisotopic (exact) mass is 280 g/mol. The SMILES string of the molecule is CN(Cc1noc2c1COCC2)C1(C(=O)O)CCCC1. The van der Waals surface area contributed by atoms with Crippen molar-refractivity contribution in [3.8, 4) is 0 Å². The third-order valence-corrected chi connectivity index (χ3v) is 4.62. The van der Waals surface area contributed by atoms with Crippen molar-refractivity contribution in [3.05, 3.63) is 17.0 Å². The van der Waals surface area contributed by atoms with E-state index in [9.17, 15) is 9.90 Å². The van der Waals surface area contributed by atoms with E-state index in [1.807, 2.05) is 11.9 Å². The van der Waals surface area contributed by atoms with Gasteiger partial charge in [0.1, 0.15) is 17.0 Å².